The molecule has 4 rings (SSSR count). The maximum absolute atomic E-state index is 12.5. The average molecular weight is 477 g/mol. The maximum Gasteiger partial charge on any atom is 0.250 e. The van der Waals surface area contributed by atoms with Gasteiger partial charge in [-0.1, -0.05) is 29.8 Å². The number of thiophene rings is 1. The highest BCUT2D eigenvalue weighted by Gasteiger charge is 2.18. The van der Waals surface area contributed by atoms with Crippen molar-refractivity contribution in [1.29, 1.82) is 0 Å². The minimum absolute atomic E-state index is 0.235. The van der Waals surface area contributed by atoms with Crippen molar-refractivity contribution in [2.75, 3.05) is 6.54 Å². The van der Waals surface area contributed by atoms with Gasteiger partial charge in [0.2, 0.25) is 10.0 Å². The second-order valence-electron chi connectivity index (χ2n) is 6.26. The Bertz CT molecular complexity index is 1230. The predicted molar refractivity (Wildman–Crippen MR) is 115 cm³/mol. The summed E-state index contributed by atoms with van der Waals surface area (Å²) in [5.41, 5.74) is 3.65. The number of hydrogen-bond donors (Lipinski definition) is 1. The zero-order valence-electron chi connectivity index (χ0n) is 15.0. The summed E-state index contributed by atoms with van der Waals surface area (Å²) in [5.74, 6) is 0.770. The molecule has 9 heteroatoms. The Morgan fingerprint density at radius 3 is 2.64 bits per heavy atom. The van der Waals surface area contributed by atoms with Crippen LogP contribution in [0.3, 0.4) is 0 Å². The molecule has 0 unspecified atom stereocenters. The summed E-state index contributed by atoms with van der Waals surface area (Å²) in [6.07, 6.45) is 1.72. The van der Waals surface area contributed by atoms with Gasteiger partial charge in [-0.25, -0.2) is 23.1 Å². The number of nitrogens with zero attached hydrogens (tertiary/aromatic N) is 3. The second kappa shape index (κ2) is 7.75. The SMILES string of the molecule is Cc1ccc(-c2nc3cccnc3n2CCNS(=O)(=O)c2ccc(Br)s2)cc1. The van der Waals surface area contributed by atoms with Crippen LogP contribution >= 0.6 is 27.3 Å². The minimum atomic E-state index is -3.54. The van der Waals surface area contributed by atoms with Gasteiger partial charge in [0.05, 0.1) is 3.79 Å². The van der Waals surface area contributed by atoms with E-state index < -0.39 is 10.0 Å². The number of nitrogens with one attached hydrogen (secondary N) is 1. The standard InChI is InChI=1S/C19H17BrN4O2S2/c1-13-4-6-14(7-5-13)18-23-15-3-2-10-21-19(15)24(18)12-11-22-28(25,26)17-9-8-16(20)27-17/h2-10,22H,11-12H2,1H3. The fourth-order valence-corrected chi connectivity index (χ4v) is 5.97. The third-order valence-corrected chi connectivity index (χ3v) is 7.83. The first-order chi connectivity index (χ1) is 13.4. The molecule has 3 heterocycles. The molecule has 0 spiro atoms. The quantitative estimate of drug-likeness (QED) is 0.452. The summed E-state index contributed by atoms with van der Waals surface area (Å²) < 4.78 is 30.6. The van der Waals surface area contributed by atoms with E-state index in [9.17, 15) is 8.42 Å². The number of benzene rings is 1. The number of pyridine rings is 1. The van der Waals surface area contributed by atoms with Gasteiger partial charge < -0.3 is 4.57 Å². The summed E-state index contributed by atoms with van der Waals surface area (Å²) in [4.78, 5) is 9.15. The fourth-order valence-electron chi connectivity index (χ4n) is 2.90. The third kappa shape index (κ3) is 3.88. The van der Waals surface area contributed by atoms with Gasteiger partial charge in [0.1, 0.15) is 15.6 Å². The van der Waals surface area contributed by atoms with Crippen molar-refractivity contribution < 1.29 is 8.42 Å². The van der Waals surface area contributed by atoms with E-state index in [1.54, 1.807) is 18.3 Å². The minimum Gasteiger partial charge on any atom is -0.307 e. The van der Waals surface area contributed by atoms with E-state index in [1.165, 1.54) is 16.9 Å². The van der Waals surface area contributed by atoms with Crippen LogP contribution < -0.4 is 4.72 Å². The highest BCUT2D eigenvalue weighted by Crippen LogP contribution is 2.26. The third-order valence-electron chi connectivity index (χ3n) is 4.25. The molecule has 28 heavy (non-hydrogen) atoms. The molecule has 0 saturated carbocycles. The summed E-state index contributed by atoms with van der Waals surface area (Å²) in [7, 11) is -3.54. The van der Waals surface area contributed by atoms with Crippen molar-refractivity contribution >= 4 is 48.5 Å². The average Bonchev–Trinajstić information content (AvgIpc) is 3.27. The van der Waals surface area contributed by atoms with E-state index >= 15 is 0 Å². The van der Waals surface area contributed by atoms with Crippen molar-refractivity contribution in [2.24, 2.45) is 0 Å². The Balaban J connectivity index is 1.62. The zero-order chi connectivity index (χ0) is 19.7. The molecular formula is C19H17BrN4O2S2. The Morgan fingerprint density at radius 1 is 1.14 bits per heavy atom. The highest BCUT2D eigenvalue weighted by atomic mass is 79.9. The van der Waals surface area contributed by atoms with Crippen molar-refractivity contribution in [3.8, 4) is 11.4 Å². The summed E-state index contributed by atoms with van der Waals surface area (Å²) in [6.45, 7) is 2.69. The number of imidazole rings is 1. The molecule has 0 bridgehead atoms. The molecule has 0 radical (unpaired) electrons. The van der Waals surface area contributed by atoms with E-state index in [0.717, 1.165) is 26.3 Å². The van der Waals surface area contributed by atoms with Crippen molar-refractivity contribution in [2.45, 2.75) is 17.7 Å². The Morgan fingerprint density at radius 2 is 1.93 bits per heavy atom. The Labute approximate surface area is 175 Å². The molecule has 0 amide bonds. The van der Waals surface area contributed by atoms with Gasteiger partial charge in [0.25, 0.3) is 0 Å². The molecule has 1 aromatic carbocycles. The van der Waals surface area contributed by atoms with Gasteiger partial charge in [-0.2, -0.15) is 0 Å². The molecule has 1 N–H and O–H groups in total. The molecule has 0 aliphatic carbocycles. The summed E-state index contributed by atoms with van der Waals surface area (Å²) >= 11 is 4.48. The van der Waals surface area contributed by atoms with Crippen LogP contribution in [0.25, 0.3) is 22.6 Å². The monoisotopic (exact) mass is 476 g/mol. The van der Waals surface area contributed by atoms with Crippen LogP contribution in [0.4, 0.5) is 0 Å². The molecule has 4 aromatic rings. The number of aryl methyl sites for hydroxylation is 1. The second-order valence-corrected chi connectivity index (χ2v) is 10.7. The van der Waals surface area contributed by atoms with Crippen LogP contribution in [0, 0.1) is 6.92 Å². The Kier molecular flexibility index (Phi) is 5.33. The number of fused-ring (bicyclic) bond motifs is 1. The molecule has 0 aliphatic heterocycles. The van der Waals surface area contributed by atoms with Gasteiger partial charge in [0, 0.05) is 24.8 Å². The normalized spacial score (nSPS) is 11.9. The van der Waals surface area contributed by atoms with Gasteiger partial charge in [0.15, 0.2) is 5.65 Å². The molecule has 0 atom stereocenters. The molecule has 0 saturated heterocycles. The van der Waals surface area contributed by atoms with Crippen molar-refractivity contribution in [3.63, 3.8) is 0 Å². The van der Waals surface area contributed by atoms with Crippen LogP contribution in [0.5, 0.6) is 0 Å². The van der Waals surface area contributed by atoms with Gasteiger partial charge in [-0.3, -0.25) is 0 Å². The number of sulfonamides is 1. The lowest BCUT2D eigenvalue weighted by Gasteiger charge is -2.10. The summed E-state index contributed by atoms with van der Waals surface area (Å²) in [5, 5.41) is 0. The molecule has 3 aromatic heterocycles. The number of halogens is 1. The Hall–Kier alpha value is -2.07. The lowest BCUT2D eigenvalue weighted by Crippen LogP contribution is -2.27. The maximum atomic E-state index is 12.5. The van der Waals surface area contributed by atoms with Crippen molar-refractivity contribution in [3.05, 3.63) is 64.1 Å². The first-order valence-electron chi connectivity index (χ1n) is 8.57. The van der Waals surface area contributed by atoms with Crippen LogP contribution in [-0.4, -0.2) is 29.5 Å². The first-order valence-corrected chi connectivity index (χ1v) is 11.7. The molecule has 144 valence electrons. The molecule has 0 aliphatic rings. The van der Waals surface area contributed by atoms with E-state index in [4.69, 9.17) is 4.98 Å². The van der Waals surface area contributed by atoms with Crippen LogP contribution in [0.2, 0.25) is 0 Å². The lowest BCUT2D eigenvalue weighted by molar-refractivity contribution is 0.576. The van der Waals surface area contributed by atoms with Crippen LogP contribution in [0.15, 0.2) is 62.7 Å². The topological polar surface area (TPSA) is 76.9 Å². The largest absolute Gasteiger partial charge is 0.307 e. The number of rotatable bonds is 6. The first kappa shape index (κ1) is 19.3. The van der Waals surface area contributed by atoms with Crippen LogP contribution in [-0.2, 0) is 16.6 Å². The van der Waals surface area contributed by atoms with Crippen LogP contribution in [0.1, 0.15) is 5.56 Å². The summed E-state index contributed by atoms with van der Waals surface area (Å²) in [6, 6.07) is 15.2. The fraction of sp³-hybridized carbons (Fsp3) is 0.158. The van der Waals surface area contributed by atoms with E-state index in [-0.39, 0.29) is 10.8 Å². The lowest BCUT2D eigenvalue weighted by atomic mass is 10.1. The van der Waals surface area contributed by atoms with Gasteiger partial charge >= 0.3 is 0 Å². The molecular weight excluding hydrogens is 460 g/mol. The van der Waals surface area contributed by atoms with E-state index in [1.807, 2.05) is 47.9 Å². The van der Waals surface area contributed by atoms with E-state index in [2.05, 4.69) is 25.6 Å². The van der Waals surface area contributed by atoms with Gasteiger partial charge in [-0.05, 0) is 47.1 Å². The van der Waals surface area contributed by atoms with E-state index in [0.29, 0.717) is 6.54 Å². The predicted octanol–water partition coefficient (Wildman–Crippen LogP) is 4.21. The molecule has 0 fully saturated rings. The van der Waals surface area contributed by atoms with Gasteiger partial charge in [-0.15, -0.1) is 11.3 Å². The highest BCUT2D eigenvalue weighted by molar-refractivity contribution is 9.11. The number of aromatic nitrogens is 3. The number of hydrogen-bond acceptors (Lipinski definition) is 5. The zero-order valence-corrected chi connectivity index (χ0v) is 18.2. The molecule has 6 nitrogen and oxygen atoms in total. The smallest absolute Gasteiger partial charge is 0.250 e. The van der Waals surface area contributed by atoms with Crippen molar-refractivity contribution in [1.82, 2.24) is 19.3 Å².